The molecule has 0 radical (unpaired) electrons. The summed E-state index contributed by atoms with van der Waals surface area (Å²) in [6, 6.07) is -19.1. The SMILES string of the molecule is [2H]c1cc([2H])c2c(-c3c([2H])c([2H])c4c(-c5c([2H])c([2H])c([2H])c([2H])c5[2H])c5c([2H])c([2H])c([2H])c([2H])c5c(-c5c([2H])c([2H])c([2H])c([2H])c5[2H])c4c3[2H])c([2H])c([2H])c([2H])c2c1[2H]. The number of benzene rings is 7. The highest BCUT2D eigenvalue weighted by Gasteiger charge is 2.17. The molecule has 0 aliphatic carbocycles. The van der Waals surface area contributed by atoms with Gasteiger partial charge in [-0.25, -0.2) is 0 Å². The van der Waals surface area contributed by atoms with Crippen molar-refractivity contribution in [2.75, 3.05) is 0 Å². The van der Waals surface area contributed by atoms with Gasteiger partial charge in [-0.2, -0.15) is 0 Å². The lowest BCUT2D eigenvalue weighted by atomic mass is 9.84. The van der Waals surface area contributed by atoms with Gasteiger partial charge >= 0.3 is 0 Å². The summed E-state index contributed by atoms with van der Waals surface area (Å²) in [5, 5.41) is -3.66. The molecule has 7 aromatic carbocycles. The van der Waals surface area contributed by atoms with Crippen molar-refractivity contribution in [1.82, 2.24) is 0 Å². The van der Waals surface area contributed by atoms with Gasteiger partial charge < -0.3 is 0 Å². The minimum absolute atomic E-state index is 0.448. The van der Waals surface area contributed by atoms with Gasteiger partial charge in [-0.3, -0.25) is 0 Å². The van der Waals surface area contributed by atoms with E-state index in [4.69, 9.17) is 26.0 Å². The van der Waals surface area contributed by atoms with E-state index in [-0.39, 0.29) is 0 Å². The van der Waals surface area contributed by atoms with E-state index in [0.717, 1.165) is 6.07 Å². The van der Waals surface area contributed by atoms with Crippen LogP contribution in [0.2, 0.25) is 0 Å². The zero-order valence-corrected chi connectivity index (χ0v) is 18.1. The number of hydrogen-bond donors (Lipinski definition) is 0. The smallest absolute Gasteiger partial charge is 0.0622 e. The highest BCUT2D eigenvalue weighted by atomic mass is 14.2. The highest BCUT2D eigenvalue weighted by Crippen LogP contribution is 2.45. The van der Waals surface area contributed by atoms with Crippen molar-refractivity contribution in [3.05, 3.63) is 145 Å². The lowest BCUT2D eigenvalue weighted by molar-refractivity contribution is 1.64. The van der Waals surface area contributed by atoms with E-state index in [9.17, 15) is 5.48 Å². The van der Waals surface area contributed by atoms with Crippen LogP contribution in [0.15, 0.2) is 145 Å². The standard InChI is InChI=1S/C36H24/c1-3-13-26(14-4-1)35-31-19-9-10-20-32(31)36(27-15-5-2-6-16-27)34-24-28(22-23-33(34)35)30-21-11-17-25-12-7-8-18-29(25)30/h1-24H/i1D,2D,3D,4D,5D,6D,7D,9D,10D,11D,12D,13D,14D,15D,16D,17D,18D,19D,20D,21D,22D,23D,24D. The second-order valence-electron chi connectivity index (χ2n) is 7.56. The van der Waals surface area contributed by atoms with Crippen molar-refractivity contribution in [3.63, 3.8) is 0 Å². The maximum atomic E-state index is 9.86. The Morgan fingerprint density at radius 3 is 1.64 bits per heavy atom. The van der Waals surface area contributed by atoms with Crippen molar-refractivity contribution in [3.8, 4) is 33.4 Å². The van der Waals surface area contributed by atoms with Gasteiger partial charge in [-0.15, -0.1) is 0 Å². The lowest BCUT2D eigenvalue weighted by Gasteiger charge is -2.19. The minimum Gasteiger partial charge on any atom is -0.0622 e. The fraction of sp³-hybridized carbons (Fsp3) is 0. The van der Waals surface area contributed by atoms with Gasteiger partial charge in [0.15, 0.2) is 0 Å². The molecule has 168 valence electrons. The summed E-state index contributed by atoms with van der Waals surface area (Å²) in [7, 11) is 0. The molecule has 0 heteroatoms. The van der Waals surface area contributed by atoms with Crippen molar-refractivity contribution in [2.24, 2.45) is 0 Å². The molecule has 0 N–H and O–H groups in total. The second-order valence-corrected chi connectivity index (χ2v) is 7.56. The normalized spacial score (nSPS) is 20.3. The molecular weight excluding hydrogens is 432 g/mol. The molecule has 0 nitrogen and oxygen atoms in total. The van der Waals surface area contributed by atoms with Gasteiger partial charge in [0.2, 0.25) is 0 Å². The van der Waals surface area contributed by atoms with Gasteiger partial charge in [0, 0.05) is 0 Å². The molecule has 0 aliphatic rings. The van der Waals surface area contributed by atoms with Crippen LogP contribution in [0.25, 0.3) is 65.7 Å². The summed E-state index contributed by atoms with van der Waals surface area (Å²) in [6.45, 7) is 0. The lowest BCUT2D eigenvalue weighted by Crippen LogP contribution is -1.91. The predicted octanol–water partition coefficient (Wildman–Crippen LogP) is 10.1. The van der Waals surface area contributed by atoms with Crippen LogP contribution >= 0.6 is 0 Å². The molecule has 36 heavy (non-hydrogen) atoms. The summed E-state index contributed by atoms with van der Waals surface area (Å²) in [6.07, 6.45) is 0. The van der Waals surface area contributed by atoms with Gasteiger partial charge in [0.25, 0.3) is 0 Å². The van der Waals surface area contributed by atoms with E-state index < -0.39 is 205 Å². The molecule has 0 heterocycles. The van der Waals surface area contributed by atoms with E-state index >= 15 is 0 Å². The highest BCUT2D eigenvalue weighted by molar-refractivity contribution is 6.22. The van der Waals surface area contributed by atoms with Crippen molar-refractivity contribution < 1.29 is 31.5 Å². The maximum absolute atomic E-state index is 9.86. The van der Waals surface area contributed by atoms with E-state index in [2.05, 4.69) is 0 Å². The van der Waals surface area contributed by atoms with Crippen LogP contribution in [0.3, 0.4) is 0 Å². The van der Waals surface area contributed by atoms with Crippen LogP contribution in [0.5, 0.6) is 0 Å². The van der Waals surface area contributed by atoms with Gasteiger partial charge in [-0.05, 0) is 71.7 Å². The van der Waals surface area contributed by atoms with Crippen LogP contribution in [-0.2, 0) is 0 Å². The van der Waals surface area contributed by atoms with Crippen molar-refractivity contribution >= 4 is 32.3 Å². The molecule has 0 spiro atoms. The topological polar surface area (TPSA) is 0 Å². The molecule has 0 aliphatic heterocycles. The molecule has 0 atom stereocenters. The Kier molecular flexibility index (Phi) is 1.87. The molecule has 0 saturated carbocycles. The molecule has 0 fully saturated rings. The Balaban J connectivity index is 1.97. The molecule has 7 aromatic rings. The molecule has 0 bridgehead atoms. The van der Waals surface area contributed by atoms with Crippen LogP contribution < -0.4 is 0 Å². The third-order valence-electron chi connectivity index (χ3n) is 5.61. The summed E-state index contributed by atoms with van der Waals surface area (Å²) >= 11 is 0. The fourth-order valence-electron chi connectivity index (χ4n) is 4.14. The number of fused-ring (bicyclic) bond motifs is 3. The average Bonchev–Trinajstić information content (AvgIpc) is 3.20. The van der Waals surface area contributed by atoms with Crippen LogP contribution in [0.1, 0.15) is 31.5 Å². The third-order valence-corrected chi connectivity index (χ3v) is 5.61. The zero-order valence-electron chi connectivity index (χ0n) is 41.1. The van der Waals surface area contributed by atoms with Crippen molar-refractivity contribution in [1.29, 1.82) is 0 Å². The minimum atomic E-state index is -0.987. The Bertz CT molecular complexity index is 3070. The summed E-state index contributed by atoms with van der Waals surface area (Å²) in [5.74, 6) is 0. The maximum Gasteiger partial charge on any atom is 0.0636 e. The Morgan fingerprint density at radius 2 is 0.944 bits per heavy atom. The van der Waals surface area contributed by atoms with Crippen LogP contribution in [0, 0.1) is 0 Å². The van der Waals surface area contributed by atoms with Crippen molar-refractivity contribution in [2.45, 2.75) is 0 Å². The first-order chi connectivity index (χ1) is 27.4. The summed E-state index contributed by atoms with van der Waals surface area (Å²) < 4.78 is 202. The van der Waals surface area contributed by atoms with E-state index in [0.29, 0.717) is 0 Å². The molecule has 7 rings (SSSR count). The Labute approximate surface area is 243 Å². The number of rotatable bonds is 3. The fourth-order valence-corrected chi connectivity index (χ4v) is 4.14. The first kappa shape index (κ1) is 7.91. The quantitative estimate of drug-likeness (QED) is 0.221. The zero-order chi connectivity index (χ0) is 43.9. The predicted molar refractivity (Wildman–Crippen MR) is 155 cm³/mol. The first-order valence-electron chi connectivity index (χ1n) is 22.1. The molecule has 0 amide bonds. The average molecular weight is 480 g/mol. The first-order valence-corrected chi connectivity index (χ1v) is 10.6. The third kappa shape index (κ3) is 3.31. The summed E-state index contributed by atoms with van der Waals surface area (Å²) in [5.41, 5.74) is -4.20. The van der Waals surface area contributed by atoms with E-state index in [1.165, 1.54) is 0 Å². The van der Waals surface area contributed by atoms with E-state index in [1.54, 1.807) is 0 Å². The molecule has 0 saturated heterocycles. The van der Waals surface area contributed by atoms with Gasteiger partial charge in [0.1, 0.15) is 0 Å². The van der Waals surface area contributed by atoms with Gasteiger partial charge in [0.05, 0.1) is 31.5 Å². The number of hydrogen-bond acceptors (Lipinski definition) is 0. The monoisotopic (exact) mass is 479 g/mol. The largest absolute Gasteiger partial charge is 0.0636 e. The Morgan fingerprint density at radius 1 is 0.361 bits per heavy atom. The Hall–Kier alpha value is -4.68. The molecule has 0 aromatic heterocycles. The van der Waals surface area contributed by atoms with Gasteiger partial charge in [-0.1, -0.05) is 139 Å². The van der Waals surface area contributed by atoms with E-state index in [1.807, 2.05) is 0 Å². The van der Waals surface area contributed by atoms with Crippen LogP contribution in [0.4, 0.5) is 0 Å². The molecule has 0 unspecified atom stereocenters. The van der Waals surface area contributed by atoms with Crippen LogP contribution in [-0.4, -0.2) is 0 Å². The molecular formula is C36H24. The summed E-state index contributed by atoms with van der Waals surface area (Å²) in [4.78, 5) is 0. The second kappa shape index (κ2) is 8.52.